The molecular weight excluding hydrogens is 444 g/mol. The molecule has 0 bridgehead atoms. The van der Waals surface area contributed by atoms with Crippen molar-refractivity contribution in [2.45, 2.75) is 25.9 Å². The van der Waals surface area contributed by atoms with Crippen molar-refractivity contribution in [3.8, 4) is 10.9 Å². The molecule has 3 heterocycles. The highest BCUT2D eigenvalue weighted by Gasteiger charge is 2.31. The van der Waals surface area contributed by atoms with Crippen LogP contribution in [0.2, 0.25) is 0 Å². The Balaban J connectivity index is 1.31. The largest absolute Gasteiger partial charge is 0.489 e. The molecule has 7 heteroatoms. The van der Waals surface area contributed by atoms with Gasteiger partial charge in [-0.15, -0.1) is 0 Å². The molecule has 0 fully saturated rings. The van der Waals surface area contributed by atoms with Crippen molar-refractivity contribution < 1.29 is 9.53 Å². The van der Waals surface area contributed by atoms with Gasteiger partial charge in [0.15, 0.2) is 0 Å². The molecule has 0 saturated heterocycles. The van der Waals surface area contributed by atoms with E-state index in [-0.39, 0.29) is 11.8 Å². The van der Waals surface area contributed by atoms with Crippen LogP contribution in [0.25, 0.3) is 15.3 Å². The molecule has 6 rings (SSSR count). The first-order valence-corrected chi connectivity index (χ1v) is 12.0. The van der Waals surface area contributed by atoms with Crippen molar-refractivity contribution in [1.29, 1.82) is 0 Å². The summed E-state index contributed by atoms with van der Waals surface area (Å²) in [6.07, 6.45) is 2.20. The summed E-state index contributed by atoms with van der Waals surface area (Å²) in [7, 11) is 0. The number of nitrogens with one attached hydrogen (secondary N) is 1. The van der Waals surface area contributed by atoms with E-state index in [0.29, 0.717) is 18.8 Å². The molecule has 0 unspecified atom stereocenters. The molecule has 3 aromatic carbocycles. The van der Waals surface area contributed by atoms with Gasteiger partial charge < -0.3 is 10.1 Å². The highest BCUT2D eigenvalue weighted by molar-refractivity contribution is 7.20. The van der Waals surface area contributed by atoms with Crippen LogP contribution in [0.1, 0.15) is 34.6 Å². The number of para-hydroxylation sites is 1. The standard InChI is InChI=1S/C27H22N4O2S/c1-17-6-4-7-18(12-17)16-33-20-9-5-8-19(13-20)21-14-25(32)30-26-22(21)15-28-31(26)27-29-23-10-2-3-11-24(23)34-27/h2-13,15,21H,14,16H2,1H3,(H,30,32)/t21-/m0/s1. The second-order valence-corrected chi connectivity index (χ2v) is 9.49. The first-order chi connectivity index (χ1) is 16.6. The maximum Gasteiger partial charge on any atom is 0.226 e. The third kappa shape index (κ3) is 3.84. The number of thiazole rings is 1. The molecule has 2 aromatic heterocycles. The zero-order chi connectivity index (χ0) is 23.1. The van der Waals surface area contributed by atoms with E-state index in [9.17, 15) is 4.79 Å². The summed E-state index contributed by atoms with van der Waals surface area (Å²) in [4.78, 5) is 17.4. The van der Waals surface area contributed by atoms with Gasteiger partial charge in [-0.3, -0.25) is 4.79 Å². The van der Waals surface area contributed by atoms with Crippen LogP contribution in [0.4, 0.5) is 5.82 Å². The minimum Gasteiger partial charge on any atom is -0.489 e. The van der Waals surface area contributed by atoms with Gasteiger partial charge in [-0.25, -0.2) is 4.98 Å². The third-order valence-corrected chi connectivity index (χ3v) is 7.04. The lowest BCUT2D eigenvalue weighted by Gasteiger charge is -2.23. The van der Waals surface area contributed by atoms with E-state index in [2.05, 4.69) is 35.5 Å². The van der Waals surface area contributed by atoms with Crippen molar-refractivity contribution in [3.05, 3.63) is 101 Å². The molecule has 1 atom stereocenters. The zero-order valence-electron chi connectivity index (χ0n) is 18.6. The van der Waals surface area contributed by atoms with Crippen molar-refractivity contribution in [2.24, 2.45) is 0 Å². The van der Waals surface area contributed by atoms with Crippen LogP contribution < -0.4 is 10.1 Å². The van der Waals surface area contributed by atoms with Gasteiger partial charge in [0.05, 0.1) is 16.4 Å². The molecule has 1 N–H and O–H groups in total. The molecule has 1 amide bonds. The fourth-order valence-corrected chi connectivity index (χ4v) is 5.33. The number of rotatable bonds is 5. The van der Waals surface area contributed by atoms with Gasteiger partial charge in [-0.1, -0.05) is 65.4 Å². The molecule has 0 saturated carbocycles. The van der Waals surface area contributed by atoms with Crippen molar-refractivity contribution in [1.82, 2.24) is 14.8 Å². The molecule has 0 spiro atoms. The summed E-state index contributed by atoms with van der Waals surface area (Å²) in [5, 5.41) is 8.35. The highest BCUT2D eigenvalue weighted by Crippen LogP contribution is 2.39. The topological polar surface area (TPSA) is 69.0 Å². The molecule has 5 aromatic rings. The minimum atomic E-state index is -0.102. The first-order valence-electron chi connectivity index (χ1n) is 11.2. The van der Waals surface area contributed by atoms with Gasteiger partial charge in [0.2, 0.25) is 11.0 Å². The van der Waals surface area contributed by atoms with E-state index < -0.39 is 0 Å². The monoisotopic (exact) mass is 466 g/mol. The zero-order valence-corrected chi connectivity index (χ0v) is 19.4. The summed E-state index contributed by atoms with van der Waals surface area (Å²) in [5.74, 6) is 1.33. The third-order valence-electron chi connectivity index (χ3n) is 6.03. The summed E-state index contributed by atoms with van der Waals surface area (Å²) in [6.45, 7) is 2.57. The first kappa shape index (κ1) is 20.6. The fraction of sp³-hybridized carbons (Fsp3) is 0.148. The molecule has 34 heavy (non-hydrogen) atoms. The van der Waals surface area contributed by atoms with Gasteiger partial charge in [-0.2, -0.15) is 9.78 Å². The van der Waals surface area contributed by atoms with Crippen molar-refractivity contribution in [3.63, 3.8) is 0 Å². The number of hydrogen-bond acceptors (Lipinski definition) is 5. The summed E-state index contributed by atoms with van der Waals surface area (Å²) in [5.41, 5.74) is 5.27. The lowest BCUT2D eigenvalue weighted by Crippen LogP contribution is -2.24. The number of anilines is 1. The smallest absolute Gasteiger partial charge is 0.226 e. The lowest BCUT2D eigenvalue weighted by atomic mass is 9.87. The molecule has 1 aliphatic rings. The fourth-order valence-electron chi connectivity index (χ4n) is 4.40. The predicted molar refractivity (Wildman–Crippen MR) is 134 cm³/mol. The number of ether oxygens (including phenoxy) is 1. The average molecular weight is 467 g/mol. The number of carbonyl (C=O) groups excluding carboxylic acids is 1. The van der Waals surface area contributed by atoms with Crippen LogP contribution in [-0.4, -0.2) is 20.7 Å². The summed E-state index contributed by atoms with van der Waals surface area (Å²) >= 11 is 1.55. The van der Waals surface area contributed by atoms with Crippen LogP contribution in [0.5, 0.6) is 5.75 Å². The van der Waals surface area contributed by atoms with Crippen molar-refractivity contribution in [2.75, 3.05) is 5.32 Å². The normalized spacial score (nSPS) is 15.2. The minimum absolute atomic E-state index is 0.0357. The van der Waals surface area contributed by atoms with Crippen LogP contribution in [0.3, 0.4) is 0 Å². The number of hydrogen-bond donors (Lipinski definition) is 1. The van der Waals surface area contributed by atoms with Crippen LogP contribution >= 0.6 is 11.3 Å². The number of nitrogens with zero attached hydrogens (tertiary/aromatic N) is 3. The van der Waals surface area contributed by atoms with E-state index in [4.69, 9.17) is 9.72 Å². The number of amides is 1. The average Bonchev–Trinajstić information content (AvgIpc) is 3.46. The second kappa shape index (κ2) is 8.43. The second-order valence-electron chi connectivity index (χ2n) is 8.48. The van der Waals surface area contributed by atoms with E-state index in [1.54, 1.807) is 16.0 Å². The Hall–Kier alpha value is -3.97. The number of aromatic nitrogens is 3. The lowest BCUT2D eigenvalue weighted by molar-refractivity contribution is -0.116. The number of aryl methyl sites for hydroxylation is 1. The maximum absolute atomic E-state index is 12.7. The van der Waals surface area contributed by atoms with Crippen molar-refractivity contribution >= 4 is 33.3 Å². The maximum atomic E-state index is 12.7. The van der Waals surface area contributed by atoms with Gasteiger partial charge >= 0.3 is 0 Å². The Kier molecular flexibility index (Phi) is 5.11. The number of carbonyl (C=O) groups is 1. The summed E-state index contributed by atoms with van der Waals surface area (Å²) < 4.78 is 8.89. The molecule has 0 aliphatic carbocycles. The Bertz CT molecular complexity index is 1490. The molecule has 0 radical (unpaired) electrons. The van der Waals surface area contributed by atoms with E-state index in [1.807, 2.05) is 60.8 Å². The highest BCUT2D eigenvalue weighted by atomic mass is 32.1. The van der Waals surface area contributed by atoms with Gasteiger partial charge in [0.25, 0.3) is 0 Å². The molecule has 6 nitrogen and oxygen atoms in total. The van der Waals surface area contributed by atoms with Gasteiger partial charge in [-0.05, 0) is 42.3 Å². The molecular formula is C27H22N4O2S. The SMILES string of the molecule is Cc1cccc(COc2cccc([C@@H]3CC(=O)Nc4c3cnn4-c3nc4ccccc4s3)c2)c1. The van der Waals surface area contributed by atoms with Gasteiger partial charge in [0.1, 0.15) is 18.2 Å². The van der Waals surface area contributed by atoms with E-state index in [1.165, 1.54) is 5.56 Å². The quantitative estimate of drug-likeness (QED) is 0.353. The Morgan fingerprint density at radius 3 is 2.85 bits per heavy atom. The van der Waals surface area contributed by atoms with E-state index in [0.717, 1.165) is 37.8 Å². The van der Waals surface area contributed by atoms with Crippen LogP contribution in [-0.2, 0) is 11.4 Å². The Labute approximate surface area is 200 Å². The summed E-state index contributed by atoms with van der Waals surface area (Å²) in [6, 6.07) is 24.3. The number of fused-ring (bicyclic) bond motifs is 2. The predicted octanol–water partition coefficient (Wildman–Crippen LogP) is 5.84. The molecule has 1 aliphatic heterocycles. The van der Waals surface area contributed by atoms with Crippen LogP contribution in [0.15, 0.2) is 79.0 Å². The van der Waals surface area contributed by atoms with Gasteiger partial charge in [0, 0.05) is 17.9 Å². The molecule has 168 valence electrons. The van der Waals surface area contributed by atoms with Crippen LogP contribution in [0, 0.1) is 6.92 Å². The Morgan fingerprint density at radius 1 is 1.09 bits per heavy atom. The number of benzene rings is 3. The Morgan fingerprint density at radius 2 is 1.97 bits per heavy atom. The van der Waals surface area contributed by atoms with E-state index >= 15 is 0 Å².